The van der Waals surface area contributed by atoms with Gasteiger partial charge in [0.25, 0.3) is 0 Å². The molecule has 2 N–H and O–H groups in total. The van der Waals surface area contributed by atoms with Crippen molar-refractivity contribution < 1.29 is 4.39 Å². The highest BCUT2D eigenvalue weighted by Crippen LogP contribution is 2.48. The molecule has 27 heavy (non-hydrogen) atoms. The molecule has 1 aromatic carbocycles. The zero-order valence-electron chi connectivity index (χ0n) is 16.0. The lowest BCUT2D eigenvalue weighted by Crippen LogP contribution is -2.41. The molecule has 1 fully saturated rings. The molecule has 1 heterocycles. The molecule has 0 atom stereocenters. The van der Waals surface area contributed by atoms with E-state index >= 15 is 0 Å². The third-order valence-electron chi connectivity index (χ3n) is 4.84. The first-order valence-corrected chi connectivity index (χ1v) is 8.86. The standard InChI is InChI=1S/C20H26FN5.HI/c1-22-19(24-13-15-8-11-23-18(12-15)26(2)3)25-14-20(9-10-20)16-6-4-5-7-17(16)21;/h4-8,11-12H,9-10,13-14H2,1-3H3,(H2,22,24,25);1H. The number of rotatable bonds is 6. The van der Waals surface area contributed by atoms with Crippen molar-refractivity contribution in [2.24, 2.45) is 4.99 Å². The van der Waals surface area contributed by atoms with E-state index in [0.29, 0.717) is 13.1 Å². The van der Waals surface area contributed by atoms with Crippen LogP contribution in [0, 0.1) is 5.82 Å². The van der Waals surface area contributed by atoms with Gasteiger partial charge in [-0.1, -0.05) is 18.2 Å². The van der Waals surface area contributed by atoms with Crippen LogP contribution in [0.4, 0.5) is 10.2 Å². The number of benzene rings is 1. The molecule has 0 aliphatic heterocycles. The summed E-state index contributed by atoms with van der Waals surface area (Å²) in [6.45, 7) is 1.32. The Morgan fingerprint density at radius 2 is 1.96 bits per heavy atom. The van der Waals surface area contributed by atoms with Gasteiger partial charge in [0.1, 0.15) is 11.6 Å². The van der Waals surface area contributed by atoms with Gasteiger partial charge < -0.3 is 15.5 Å². The summed E-state index contributed by atoms with van der Waals surface area (Å²) in [5.74, 6) is 1.52. The molecular formula is C20H27FIN5. The van der Waals surface area contributed by atoms with E-state index in [4.69, 9.17) is 0 Å². The van der Waals surface area contributed by atoms with Crippen LogP contribution in [0.1, 0.15) is 24.0 Å². The zero-order valence-corrected chi connectivity index (χ0v) is 18.3. The van der Waals surface area contributed by atoms with Gasteiger partial charge in [-0.3, -0.25) is 4.99 Å². The summed E-state index contributed by atoms with van der Waals surface area (Å²) >= 11 is 0. The van der Waals surface area contributed by atoms with Crippen LogP contribution in [0.25, 0.3) is 0 Å². The molecule has 1 aliphatic carbocycles. The van der Waals surface area contributed by atoms with Crippen LogP contribution in [0.2, 0.25) is 0 Å². The lowest BCUT2D eigenvalue weighted by atomic mass is 9.95. The minimum absolute atomic E-state index is 0. The molecule has 0 bridgehead atoms. The number of aliphatic imine (C=N–C) groups is 1. The van der Waals surface area contributed by atoms with E-state index in [2.05, 4.69) is 20.6 Å². The van der Waals surface area contributed by atoms with Crippen LogP contribution in [-0.2, 0) is 12.0 Å². The number of aromatic nitrogens is 1. The molecule has 1 aliphatic rings. The van der Waals surface area contributed by atoms with E-state index < -0.39 is 0 Å². The predicted molar refractivity (Wildman–Crippen MR) is 119 cm³/mol. The first kappa shape index (κ1) is 21.4. The third kappa shape index (κ3) is 5.31. The summed E-state index contributed by atoms with van der Waals surface area (Å²) in [6, 6.07) is 11.1. The second kappa shape index (κ2) is 9.34. The molecule has 0 spiro atoms. The van der Waals surface area contributed by atoms with Gasteiger partial charge in [-0.25, -0.2) is 9.37 Å². The fourth-order valence-corrected chi connectivity index (χ4v) is 3.06. The molecule has 0 unspecified atom stereocenters. The number of halogens is 2. The van der Waals surface area contributed by atoms with Crippen molar-refractivity contribution in [3.05, 3.63) is 59.5 Å². The fraction of sp³-hybridized carbons (Fsp3) is 0.400. The van der Waals surface area contributed by atoms with Crippen molar-refractivity contribution in [3.63, 3.8) is 0 Å². The zero-order chi connectivity index (χ0) is 18.6. The topological polar surface area (TPSA) is 52.6 Å². The SMILES string of the molecule is CN=C(NCc1ccnc(N(C)C)c1)NCC1(c2ccccc2F)CC1.I. The van der Waals surface area contributed by atoms with Crippen LogP contribution in [0.15, 0.2) is 47.6 Å². The Hall–Kier alpha value is -1.90. The van der Waals surface area contributed by atoms with Gasteiger partial charge in [-0.05, 0) is 42.2 Å². The Morgan fingerprint density at radius 3 is 2.59 bits per heavy atom. The average molecular weight is 483 g/mol. The van der Waals surface area contributed by atoms with E-state index in [1.165, 1.54) is 6.07 Å². The van der Waals surface area contributed by atoms with Crippen molar-refractivity contribution >= 4 is 35.8 Å². The van der Waals surface area contributed by atoms with Gasteiger partial charge in [0, 0.05) is 45.8 Å². The summed E-state index contributed by atoms with van der Waals surface area (Å²) < 4.78 is 14.1. The molecule has 5 nitrogen and oxygen atoms in total. The highest BCUT2D eigenvalue weighted by atomic mass is 127. The molecule has 0 radical (unpaired) electrons. The fourth-order valence-electron chi connectivity index (χ4n) is 3.06. The van der Waals surface area contributed by atoms with Gasteiger partial charge in [0.2, 0.25) is 0 Å². The van der Waals surface area contributed by atoms with E-state index in [1.807, 2.05) is 43.3 Å². The summed E-state index contributed by atoms with van der Waals surface area (Å²) in [5.41, 5.74) is 1.81. The monoisotopic (exact) mass is 483 g/mol. The maximum Gasteiger partial charge on any atom is 0.191 e. The maximum absolute atomic E-state index is 14.1. The Kier molecular flexibility index (Phi) is 7.41. The number of hydrogen-bond donors (Lipinski definition) is 2. The van der Waals surface area contributed by atoms with Crippen molar-refractivity contribution in [2.75, 3.05) is 32.6 Å². The highest BCUT2D eigenvalue weighted by Gasteiger charge is 2.45. The lowest BCUT2D eigenvalue weighted by molar-refractivity contribution is 0.559. The lowest BCUT2D eigenvalue weighted by Gasteiger charge is -2.20. The molecule has 1 aromatic heterocycles. The summed E-state index contributed by atoms with van der Waals surface area (Å²) in [4.78, 5) is 10.6. The van der Waals surface area contributed by atoms with Crippen molar-refractivity contribution in [1.82, 2.24) is 15.6 Å². The maximum atomic E-state index is 14.1. The van der Waals surface area contributed by atoms with E-state index in [1.54, 1.807) is 19.3 Å². The molecule has 0 amide bonds. The second-order valence-electron chi connectivity index (χ2n) is 6.96. The smallest absolute Gasteiger partial charge is 0.191 e. The molecule has 146 valence electrons. The number of hydrogen-bond acceptors (Lipinski definition) is 3. The van der Waals surface area contributed by atoms with E-state index in [9.17, 15) is 4.39 Å². The molecule has 7 heteroatoms. The number of anilines is 1. The van der Waals surface area contributed by atoms with Crippen LogP contribution in [0.3, 0.4) is 0 Å². The number of pyridine rings is 1. The quantitative estimate of drug-likeness (QED) is 0.376. The summed E-state index contributed by atoms with van der Waals surface area (Å²) in [5, 5.41) is 6.67. The minimum atomic E-state index is -0.122. The Balaban J connectivity index is 0.00000261. The normalized spacial score (nSPS) is 14.9. The summed E-state index contributed by atoms with van der Waals surface area (Å²) in [6.07, 6.45) is 3.79. The average Bonchev–Trinajstić information content (AvgIpc) is 3.43. The van der Waals surface area contributed by atoms with Gasteiger partial charge in [0.15, 0.2) is 5.96 Å². The Morgan fingerprint density at radius 1 is 1.22 bits per heavy atom. The van der Waals surface area contributed by atoms with Crippen molar-refractivity contribution in [3.8, 4) is 0 Å². The molecule has 0 saturated heterocycles. The minimum Gasteiger partial charge on any atom is -0.363 e. The van der Waals surface area contributed by atoms with Crippen LogP contribution >= 0.6 is 24.0 Å². The van der Waals surface area contributed by atoms with Gasteiger partial charge in [-0.2, -0.15) is 0 Å². The second-order valence-corrected chi connectivity index (χ2v) is 6.96. The molecule has 2 aromatic rings. The van der Waals surface area contributed by atoms with Gasteiger partial charge in [0.05, 0.1) is 0 Å². The van der Waals surface area contributed by atoms with Crippen molar-refractivity contribution in [2.45, 2.75) is 24.8 Å². The summed E-state index contributed by atoms with van der Waals surface area (Å²) in [7, 11) is 5.69. The number of nitrogens with zero attached hydrogens (tertiary/aromatic N) is 3. The van der Waals surface area contributed by atoms with Crippen molar-refractivity contribution in [1.29, 1.82) is 0 Å². The van der Waals surface area contributed by atoms with E-state index in [0.717, 1.165) is 35.7 Å². The van der Waals surface area contributed by atoms with Gasteiger partial charge in [-0.15, -0.1) is 24.0 Å². The predicted octanol–water partition coefficient (Wildman–Crippen LogP) is 3.30. The Labute approximate surface area is 177 Å². The Bertz CT molecular complexity index is 789. The molecule has 3 rings (SSSR count). The molecular weight excluding hydrogens is 456 g/mol. The largest absolute Gasteiger partial charge is 0.363 e. The van der Waals surface area contributed by atoms with Crippen LogP contribution < -0.4 is 15.5 Å². The third-order valence-corrected chi connectivity index (χ3v) is 4.84. The first-order chi connectivity index (χ1) is 12.5. The number of guanidine groups is 1. The van der Waals surface area contributed by atoms with Crippen LogP contribution in [-0.4, -0.2) is 38.6 Å². The highest BCUT2D eigenvalue weighted by molar-refractivity contribution is 14.0. The first-order valence-electron chi connectivity index (χ1n) is 8.86. The molecule has 1 saturated carbocycles. The van der Waals surface area contributed by atoms with E-state index in [-0.39, 0.29) is 35.2 Å². The number of nitrogens with one attached hydrogen (secondary N) is 2. The van der Waals surface area contributed by atoms with Gasteiger partial charge >= 0.3 is 0 Å². The van der Waals surface area contributed by atoms with Crippen LogP contribution in [0.5, 0.6) is 0 Å².